The van der Waals surface area contributed by atoms with Gasteiger partial charge in [-0.1, -0.05) is 15.9 Å². The minimum atomic E-state index is 0.678. The van der Waals surface area contributed by atoms with Crippen LogP contribution in [-0.2, 0) is 0 Å². The Bertz CT molecular complexity index is 433. The van der Waals surface area contributed by atoms with Gasteiger partial charge in [0.2, 0.25) is 0 Å². The Morgan fingerprint density at radius 1 is 1.42 bits per heavy atom. The lowest BCUT2D eigenvalue weighted by Crippen LogP contribution is -1.79. The lowest BCUT2D eigenvalue weighted by Gasteiger charge is -1.95. The van der Waals surface area contributed by atoms with Crippen LogP contribution < -0.4 is 0 Å². The summed E-state index contributed by atoms with van der Waals surface area (Å²) >= 11 is 3.39. The van der Waals surface area contributed by atoms with Gasteiger partial charge in [0, 0.05) is 27.1 Å². The number of hydrogen-bond acceptors (Lipinski definition) is 1. The standard InChI is InChI=1S/C9H6BrNO/c10-8-3-6(5-12)4-9-7(8)1-2-11-9/h1-5,11H. The molecule has 0 aliphatic rings. The van der Waals surface area contributed by atoms with E-state index in [9.17, 15) is 4.79 Å². The molecule has 0 saturated heterocycles. The van der Waals surface area contributed by atoms with Gasteiger partial charge in [0.25, 0.3) is 0 Å². The van der Waals surface area contributed by atoms with Crippen LogP contribution in [0, 0.1) is 0 Å². The highest BCUT2D eigenvalue weighted by Crippen LogP contribution is 2.24. The van der Waals surface area contributed by atoms with Gasteiger partial charge in [0.1, 0.15) is 6.29 Å². The van der Waals surface area contributed by atoms with Crippen molar-refractivity contribution in [3.8, 4) is 0 Å². The van der Waals surface area contributed by atoms with Crippen LogP contribution in [0.15, 0.2) is 28.9 Å². The number of aromatic amines is 1. The van der Waals surface area contributed by atoms with Crippen molar-refractivity contribution in [3.63, 3.8) is 0 Å². The van der Waals surface area contributed by atoms with Crippen LogP contribution >= 0.6 is 15.9 Å². The van der Waals surface area contributed by atoms with Gasteiger partial charge in [0.05, 0.1) is 0 Å². The second-order valence-corrected chi connectivity index (χ2v) is 3.41. The molecule has 0 spiro atoms. The Morgan fingerprint density at radius 3 is 3.00 bits per heavy atom. The first kappa shape index (κ1) is 7.55. The highest BCUT2D eigenvalue weighted by molar-refractivity contribution is 9.10. The van der Waals surface area contributed by atoms with Gasteiger partial charge < -0.3 is 4.98 Å². The van der Waals surface area contributed by atoms with E-state index >= 15 is 0 Å². The molecule has 0 fully saturated rings. The topological polar surface area (TPSA) is 32.9 Å². The van der Waals surface area contributed by atoms with Crippen LogP contribution in [0.3, 0.4) is 0 Å². The molecule has 1 aromatic carbocycles. The first-order chi connectivity index (χ1) is 5.81. The molecule has 0 amide bonds. The Kier molecular flexibility index (Phi) is 1.73. The fourth-order valence-electron chi connectivity index (χ4n) is 1.21. The zero-order valence-electron chi connectivity index (χ0n) is 6.17. The summed E-state index contributed by atoms with van der Waals surface area (Å²) in [6.45, 7) is 0. The molecule has 12 heavy (non-hydrogen) atoms. The van der Waals surface area contributed by atoms with Crippen molar-refractivity contribution < 1.29 is 4.79 Å². The number of rotatable bonds is 1. The van der Waals surface area contributed by atoms with E-state index in [4.69, 9.17) is 0 Å². The van der Waals surface area contributed by atoms with Gasteiger partial charge in [-0.2, -0.15) is 0 Å². The van der Waals surface area contributed by atoms with Crippen LogP contribution in [0.1, 0.15) is 10.4 Å². The number of hydrogen-bond donors (Lipinski definition) is 1. The molecule has 2 rings (SSSR count). The van der Waals surface area contributed by atoms with Crippen LogP contribution in [0.5, 0.6) is 0 Å². The zero-order chi connectivity index (χ0) is 8.55. The number of benzene rings is 1. The summed E-state index contributed by atoms with van der Waals surface area (Å²) in [6, 6.07) is 5.60. The van der Waals surface area contributed by atoms with Gasteiger partial charge in [0.15, 0.2) is 0 Å². The number of aromatic nitrogens is 1. The lowest BCUT2D eigenvalue weighted by atomic mass is 10.2. The molecular formula is C9H6BrNO. The number of H-pyrrole nitrogens is 1. The Labute approximate surface area is 77.7 Å². The van der Waals surface area contributed by atoms with E-state index in [1.165, 1.54) is 0 Å². The predicted octanol–water partition coefficient (Wildman–Crippen LogP) is 2.74. The summed E-state index contributed by atoms with van der Waals surface area (Å²) < 4.78 is 0.948. The minimum absolute atomic E-state index is 0.678. The molecule has 60 valence electrons. The van der Waals surface area contributed by atoms with Crippen molar-refractivity contribution >= 4 is 33.1 Å². The van der Waals surface area contributed by atoms with E-state index in [1.807, 2.05) is 24.4 Å². The molecule has 0 bridgehead atoms. The second-order valence-electron chi connectivity index (χ2n) is 2.56. The van der Waals surface area contributed by atoms with Crippen LogP contribution in [0.4, 0.5) is 0 Å². The average molecular weight is 224 g/mol. The fraction of sp³-hybridized carbons (Fsp3) is 0. The molecule has 1 aromatic heterocycles. The van der Waals surface area contributed by atoms with Gasteiger partial charge in [-0.05, 0) is 18.2 Å². The molecule has 1 heterocycles. The normalized spacial score (nSPS) is 10.4. The summed E-state index contributed by atoms with van der Waals surface area (Å²) in [7, 11) is 0. The third-order valence-electron chi connectivity index (χ3n) is 1.78. The highest BCUT2D eigenvalue weighted by Gasteiger charge is 2.01. The maximum atomic E-state index is 10.5. The van der Waals surface area contributed by atoms with E-state index in [0.29, 0.717) is 5.56 Å². The Morgan fingerprint density at radius 2 is 2.25 bits per heavy atom. The van der Waals surface area contributed by atoms with Crippen molar-refractivity contribution in [1.82, 2.24) is 4.98 Å². The van der Waals surface area contributed by atoms with E-state index < -0.39 is 0 Å². The third-order valence-corrected chi connectivity index (χ3v) is 2.43. The van der Waals surface area contributed by atoms with Crippen molar-refractivity contribution in [2.24, 2.45) is 0 Å². The second kappa shape index (κ2) is 2.75. The average Bonchev–Trinajstić information content (AvgIpc) is 2.52. The largest absolute Gasteiger partial charge is 0.361 e. The zero-order valence-corrected chi connectivity index (χ0v) is 7.76. The predicted molar refractivity (Wildman–Crippen MR) is 51.4 cm³/mol. The SMILES string of the molecule is O=Cc1cc(Br)c2cc[nH]c2c1. The van der Waals surface area contributed by atoms with Crippen molar-refractivity contribution in [3.05, 3.63) is 34.4 Å². The van der Waals surface area contributed by atoms with Gasteiger partial charge in [-0.25, -0.2) is 0 Å². The van der Waals surface area contributed by atoms with Gasteiger partial charge in [-0.15, -0.1) is 0 Å². The number of halogens is 1. The molecule has 0 aliphatic heterocycles. The van der Waals surface area contributed by atoms with Crippen molar-refractivity contribution in [1.29, 1.82) is 0 Å². The Balaban J connectivity index is 2.83. The van der Waals surface area contributed by atoms with E-state index in [0.717, 1.165) is 21.7 Å². The monoisotopic (exact) mass is 223 g/mol. The summed E-state index contributed by atoms with van der Waals surface area (Å²) in [5.41, 5.74) is 1.66. The maximum absolute atomic E-state index is 10.5. The number of carbonyl (C=O) groups is 1. The van der Waals surface area contributed by atoms with Gasteiger partial charge >= 0.3 is 0 Å². The first-order valence-corrected chi connectivity index (χ1v) is 4.32. The lowest BCUT2D eigenvalue weighted by molar-refractivity contribution is 0.112. The van der Waals surface area contributed by atoms with Crippen LogP contribution in [-0.4, -0.2) is 11.3 Å². The summed E-state index contributed by atoms with van der Waals surface area (Å²) in [4.78, 5) is 13.5. The maximum Gasteiger partial charge on any atom is 0.150 e. The number of aldehydes is 1. The molecule has 2 nitrogen and oxygen atoms in total. The smallest absolute Gasteiger partial charge is 0.150 e. The molecule has 0 unspecified atom stereocenters. The number of carbonyl (C=O) groups excluding carboxylic acids is 1. The van der Waals surface area contributed by atoms with Crippen LogP contribution in [0.2, 0.25) is 0 Å². The molecule has 1 N–H and O–H groups in total. The molecular weight excluding hydrogens is 218 g/mol. The molecule has 0 atom stereocenters. The van der Waals surface area contributed by atoms with Crippen molar-refractivity contribution in [2.75, 3.05) is 0 Å². The summed E-state index contributed by atoms with van der Waals surface area (Å²) in [5.74, 6) is 0. The van der Waals surface area contributed by atoms with Crippen molar-refractivity contribution in [2.45, 2.75) is 0 Å². The third kappa shape index (κ3) is 1.06. The number of fused-ring (bicyclic) bond motifs is 1. The first-order valence-electron chi connectivity index (χ1n) is 3.53. The van der Waals surface area contributed by atoms with E-state index in [-0.39, 0.29) is 0 Å². The molecule has 0 saturated carbocycles. The van der Waals surface area contributed by atoms with Crippen LogP contribution in [0.25, 0.3) is 10.9 Å². The Hall–Kier alpha value is -1.09. The molecule has 3 heteroatoms. The fourth-order valence-corrected chi connectivity index (χ4v) is 1.82. The highest BCUT2D eigenvalue weighted by atomic mass is 79.9. The molecule has 0 radical (unpaired) electrons. The molecule has 0 aliphatic carbocycles. The quantitative estimate of drug-likeness (QED) is 0.742. The summed E-state index contributed by atoms with van der Waals surface area (Å²) in [6.07, 6.45) is 2.69. The minimum Gasteiger partial charge on any atom is -0.361 e. The van der Waals surface area contributed by atoms with E-state index in [2.05, 4.69) is 20.9 Å². The number of nitrogens with one attached hydrogen (secondary N) is 1. The van der Waals surface area contributed by atoms with Gasteiger partial charge in [-0.3, -0.25) is 4.79 Å². The summed E-state index contributed by atoms with van der Waals surface area (Å²) in [5, 5.41) is 1.10. The molecule has 2 aromatic rings. The van der Waals surface area contributed by atoms with E-state index in [1.54, 1.807) is 0 Å².